The Bertz CT molecular complexity index is 514. The summed E-state index contributed by atoms with van der Waals surface area (Å²) in [5.74, 6) is -1.83. The van der Waals surface area contributed by atoms with Crippen molar-refractivity contribution in [1.82, 2.24) is 0 Å². The van der Waals surface area contributed by atoms with Crippen molar-refractivity contribution in [2.24, 2.45) is 0 Å². The number of alkyl halides is 3. The molecule has 0 aliphatic heterocycles. The number of halogens is 3. The van der Waals surface area contributed by atoms with Gasteiger partial charge in [-0.2, -0.15) is 13.2 Å². The first kappa shape index (κ1) is 15.8. The second kappa shape index (κ2) is 6.27. The van der Waals surface area contributed by atoms with Gasteiger partial charge in [-0.05, 0) is 12.1 Å². The molecule has 0 aliphatic rings. The van der Waals surface area contributed by atoms with Crippen molar-refractivity contribution in [2.45, 2.75) is 6.18 Å². The average molecular weight is 291 g/mol. The molecule has 0 radical (unpaired) electrons. The highest BCUT2D eigenvalue weighted by Crippen LogP contribution is 2.35. The SMILES string of the molecule is COC(=O)CNc1cccc(C(F)(F)F)c1C(=O)OC. The summed E-state index contributed by atoms with van der Waals surface area (Å²) < 4.78 is 47.3. The lowest BCUT2D eigenvalue weighted by Crippen LogP contribution is -2.20. The van der Waals surface area contributed by atoms with Crippen LogP contribution >= 0.6 is 0 Å². The number of ether oxygens (including phenoxy) is 2. The van der Waals surface area contributed by atoms with Gasteiger partial charge in [0, 0.05) is 5.69 Å². The summed E-state index contributed by atoms with van der Waals surface area (Å²) >= 11 is 0. The molecule has 110 valence electrons. The normalized spacial score (nSPS) is 10.8. The molecule has 0 aliphatic carbocycles. The second-order valence-corrected chi connectivity index (χ2v) is 3.65. The monoisotopic (exact) mass is 291 g/mol. The van der Waals surface area contributed by atoms with Gasteiger partial charge in [0.1, 0.15) is 6.54 Å². The van der Waals surface area contributed by atoms with Gasteiger partial charge in [-0.15, -0.1) is 0 Å². The van der Waals surface area contributed by atoms with E-state index in [4.69, 9.17) is 0 Å². The van der Waals surface area contributed by atoms with E-state index < -0.39 is 29.2 Å². The Labute approximate surface area is 112 Å². The first-order chi connectivity index (χ1) is 9.31. The molecule has 0 saturated carbocycles. The van der Waals surface area contributed by atoms with Crippen LogP contribution in [0.25, 0.3) is 0 Å². The lowest BCUT2D eigenvalue weighted by atomic mass is 10.0. The third-order valence-corrected chi connectivity index (χ3v) is 2.41. The minimum absolute atomic E-state index is 0.155. The van der Waals surface area contributed by atoms with Crippen molar-refractivity contribution in [3.63, 3.8) is 0 Å². The van der Waals surface area contributed by atoms with Crippen LogP contribution in [-0.2, 0) is 20.4 Å². The Balaban J connectivity index is 3.23. The molecule has 20 heavy (non-hydrogen) atoms. The van der Waals surface area contributed by atoms with E-state index in [1.807, 2.05) is 0 Å². The van der Waals surface area contributed by atoms with Crippen molar-refractivity contribution in [1.29, 1.82) is 0 Å². The Hall–Kier alpha value is -2.25. The van der Waals surface area contributed by atoms with E-state index in [1.54, 1.807) is 0 Å². The van der Waals surface area contributed by atoms with Gasteiger partial charge in [0.25, 0.3) is 0 Å². The van der Waals surface area contributed by atoms with E-state index in [1.165, 1.54) is 6.07 Å². The second-order valence-electron chi connectivity index (χ2n) is 3.65. The maximum atomic E-state index is 12.9. The predicted molar refractivity (Wildman–Crippen MR) is 63.3 cm³/mol. The molecular weight excluding hydrogens is 279 g/mol. The molecular formula is C12H12F3NO4. The molecule has 1 aromatic carbocycles. The van der Waals surface area contributed by atoms with Crippen LogP contribution in [0.5, 0.6) is 0 Å². The third-order valence-electron chi connectivity index (χ3n) is 2.41. The Morgan fingerprint density at radius 2 is 1.85 bits per heavy atom. The van der Waals surface area contributed by atoms with Gasteiger partial charge < -0.3 is 14.8 Å². The number of carbonyl (C=O) groups is 2. The molecule has 0 unspecified atom stereocenters. The third kappa shape index (κ3) is 3.62. The molecule has 1 rings (SSSR count). The van der Waals surface area contributed by atoms with Crippen LogP contribution in [0.3, 0.4) is 0 Å². The highest BCUT2D eigenvalue weighted by atomic mass is 19.4. The fraction of sp³-hybridized carbons (Fsp3) is 0.333. The first-order valence-corrected chi connectivity index (χ1v) is 5.40. The molecule has 0 atom stereocenters. The largest absolute Gasteiger partial charge is 0.468 e. The highest BCUT2D eigenvalue weighted by Gasteiger charge is 2.37. The van der Waals surface area contributed by atoms with E-state index >= 15 is 0 Å². The summed E-state index contributed by atoms with van der Waals surface area (Å²) in [6, 6.07) is 3.12. The fourth-order valence-electron chi connectivity index (χ4n) is 1.50. The predicted octanol–water partition coefficient (Wildman–Crippen LogP) is 2.08. The highest BCUT2D eigenvalue weighted by molar-refractivity contribution is 5.98. The van der Waals surface area contributed by atoms with Crippen LogP contribution in [0.2, 0.25) is 0 Å². The number of esters is 2. The number of carbonyl (C=O) groups excluding carboxylic acids is 2. The molecule has 0 amide bonds. The molecule has 0 fully saturated rings. The maximum absolute atomic E-state index is 12.9. The van der Waals surface area contributed by atoms with Crippen LogP contribution in [0, 0.1) is 0 Å². The van der Waals surface area contributed by atoms with E-state index in [0.29, 0.717) is 0 Å². The van der Waals surface area contributed by atoms with Crippen LogP contribution in [0.4, 0.5) is 18.9 Å². The number of rotatable bonds is 4. The van der Waals surface area contributed by atoms with Gasteiger partial charge >= 0.3 is 18.1 Å². The maximum Gasteiger partial charge on any atom is 0.417 e. The van der Waals surface area contributed by atoms with Crippen molar-refractivity contribution in [2.75, 3.05) is 26.1 Å². The Morgan fingerprint density at radius 1 is 1.20 bits per heavy atom. The topological polar surface area (TPSA) is 64.6 Å². The number of benzene rings is 1. The number of hydrogen-bond donors (Lipinski definition) is 1. The fourth-order valence-corrected chi connectivity index (χ4v) is 1.50. The Kier molecular flexibility index (Phi) is 4.95. The van der Waals surface area contributed by atoms with Gasteiger partial charge in [0.2, 0.25) is 0 Å². The van der Waals surface area contributed by atoms with Gasteiger partial charge in [-0.25, -0.2) is 4.79 Å². The molecule has 0 heterocycles. The summed E-state index contributed by atoms with van der Waals surface area (Å²) in [6.07, 6.45) is -4.72. The van der Waals surface area contributed by atoms with Crippen molar-refractivity contribution < 1.29 is 32.2 Å². The van der Waals surface area contributed by atoms with E-state index in [-0.39, 0.29) is 12.2 Å². The molecule has 0 bridgehead atoms. The number of nitrogens with one attached hydrogen (secondary N) is 1. The molecule has 8 heteroatoms. The molecule has 0 spiro atoms. The molecule has 0 aromatic heterocycles. The molecule has 5 nitrogen and oxygen atoms in total. The zero-order chi connectivity index (χ0) is 15.3. The van der Waals surface area contributed by atoms with Crippen LogP contribution < -0.4 is 5.32 Å². The van der Waals surface area contributed by atoms with E-state index in [2.05, 4.69) is 14.8 Å². The quantitative estimate of drug-likeness (QED) is 0.860. The lowest BCUT2D eigenvalue weighted by Gasteiger charge is -2.16. The minimum atomic E-state index is -4.72. The summed E-state index contributed by atoms with van der Waals surface area (Å²) in [6.45, 7) is -0.373. The molecule has 0 saturated heterocycles. The smallest absolute Gasteiger partial charge is 0.417 e. The van der Waals surface area contributed by atoms with Gasteiger partial charge in [-0.1, -0.05) is 6.07 Å². The summed E-state index contributed by atoms with van der Waals surface area (Å²) in [5, 5.41) is 2.42. The number of hydrogen-bond acceptors (Lipinski definition) is 5. The van der Waals surface area contributed by atoms with Crippen LogP contribution in [0.1, 0.15) is 15.9 Å². The van der Waals surface area contributed by atoms with Crippen molar-refractivity contribution >= 4 is 17.6 Å². The minimum Gasteiger partial charge on any atom is -0.468 e. The summed E-state index contributed by atoms with van der Waals surface area (Å²) in [4.78, 5) is 22.5. The van der Waals surface area contributed by atoms with E-state index in [9.17, 15) is 22.8 Å². The van der Waals surface area contributed by atoms with Gasteiger partial charge in [-0.3, -0.25) is 4.79 Å². The van der Waals surface area contributed by atoms with Gasteiger partial charge in [0.05, 0.1) is 25.3 Å². The number of anilines is 1. The average Bonchev–Trinajstić information content (AvgIpc) is 2.42. The summed E-state index contributed by atoms with van der Waals surface area (Å²) in [5.41, 5.74) is -1.97. The van der Waals surface area contributed by atoms with Crippen molar-refractivity contribution in [3.05, 3.63) is 29.3 Å². The van der Waals surface area contributed by atoms with Gasteiger partial charge in [0.15, 0.2) is 0 Å². The summed E-state index contributed by atoms with van der Waals surface area (Å²) in [7, 11) is 2.11. The first-order valence-electron chi connectivity index (χ1n) is 5.40. The number of methoxy groups -OCH3 is 2. The van der Waals surface area contributed by atoms with Crippen LogP contribution in [-0.4, -0.2) is 32.7 Å². The van der Waals surface area contributed by atoms with Crippen molar-refractivity contribution in [3.8, 4) is 0 Å². The molecule has 1 N–H and O–H groups in total. The zero-order valence-corrected chi connectivity index (χ0v) is 10.7. The Morgan fingerprint density at radius 3 is 2.35 bits per heavy atom. The zero-order valence-electron chi connectivity index (χ0n) is 10.7. The molecule has 1 aromatic rings. The van der Waals surface area contributed by atoms with Crippen LogP contribution in [0.15, 0.2) is 18.2 Å². The standard InChI is InChI=1S/C12H12F3NO4/c1-19-9(17)6-16-8-5-3-4-7(12(13,14)15)10(8)11(18)20-2/h3-5,16H,6H2,1-2H3. The van der Waals surface area contributed by atoms with E-state index in [0.717, 1.165) is 26.4 Å². The lowest BCUT2D eigenvalue weighted by molar-refractivity contribution is -0.138.